The molecule has 0 amide bonds. The van der Waals surface area contributed by atoms with Crippen LogP contribution in [0.25, 0.3) is 67.8 Å². The van der Waals surface area contributed by atoms with Gasteiger partial charge in [-0.3, -0.25) is 0 Å². The van der Waals surface area contributed by atoms with Crippen molar-refractivity contribution in [2.24, 2.45) is 0 Å². The molecule has 7 aromatic rings. The number of benzene rings is 5. The first-order valence-corrected chi connectivity index (χ1v) is 12.8. The molecule has 5 aromatic carbocycles. The predicted octanol–water partition coefficient (Wildman–Crippen LogP) is 8.35. The van der Waals surface area contributed by atoms with Crippen molar-refractivity contribution in [2.45, 2.75) is 0 Å². The van der Waals surface area contributed by atoms with E-state index in [-0.39, 0.29) is 0 Å². The fraction of sp³-hybridized carbons (Fsp3) is 0. The molecule has 2 aromatic heterocycles. The van der Waals surface area contributed by atoms with Crippen molar-refractivity contribution in [1.29, 1.82) is 0 Å². The molecule has 7 rings (SSSR count). The van der Waals surface area contributed by atoms with Gasteiger partial charge in [0.1, 0.15) is 5.52 Å². The molecule has 0 spiro atoms. The van der Waals surface area contributed by atoms with E-state index in [9.17, 15) is 0 Å². The van der Waals surface area contributed by atoms with E-state index >= 15 is 0 Å². The van der Waals surface area contributed by atoms with Crippen LogP contribution in [-0.2, 0) is 0 Å². The highest BCUT2D eigenvalue weighted by atomic mass is 16.3. The molecule has 2 heterocycles. The summed E-state index contributed by atoms with van der Waals surface area (Å²) in [5.74, 6) is 2.43. The van der Waals surface area contributed by atoms with Crippen molar-refractivity contribution in [1.82, 2.24) is 19.9 Å². The number of hydrogen-bond acceptors (Lipinski definition) is 5. The topological polar surface area (TPSA) is 64.7 Å². The van der Waals surface area contributed by atoms with Crippen LogP contribution in [0.2, 0.25) is 0 Å². The first-order chi connectivity index (χ1) is 19.3. The fourth-order valence-corrected chi connectivity index (χ4v) is 4.71. The lowest BCUT2D eigenvalue weighted by Gasteiger charge is -2.12. The maximum atomic E-state index is 6.35. The largest absolute Gasteiger partial charge is 0.435 e. The SMILES string of the molecule is c1ccc(-c2nc(-c3ccccc3)nc(-c3ccccc3-c3cccc4nc(-c5ccccc5)oc34)n2)cc1. The molecule has 0 aliphatic rings. The molecular weight excluding hydrogens is 480 g/mol. The van der Waals surface area contributed by atoms with Gasteiger partial charge in [-0.15, -0.1) is 0 Å². The number of aromatic nitrogens is 4. The van der Waals surface area contributed by atoms with Crippen LogP contribution in [0.1, 0.15) is 0 Å². The molecule has 0 saturated carbocycles. The number of hydrogen-bond donors (Lipinski definition) is 0. The molecule has 0 bridgehead atoms. The van der Waals surface area contributed by atoms with Gasteiger partial charge in [-0.05, 0) is 23.8 Å². The van der Waals surface area contributed by atoms with Crippen molar-refractivity contribution in [2.75, 3.05) is 0 Å². The maximum Gasteiger partial charge on any atom is 0.227 e. The zero-order chi connectivity index (χ0) is 26.0. The minimum atomic E-state index is 0.591. The summed E-state index contributed by atoms with van der Waals surface area (Å²) in [5.41, 5.74) is 7.10. The molecular formula is C34H22N4O. The molecule has 0 N–H and O–H groups in total. The van der Waals surface area contributed by atoms with Gasteiger partial charge in [0.2, 0.25) is 5.89 Å². The third-order valence-corrected chi connectivity index (χ3v) is 6.59. The van der Waals surface area contributed by atoms with E-state index in [1.807, 2.05) is 121 Å². The van der Waals surface area contributed by atoms with Crippen molar-refractivity contribution in [3.8, 4) is 56.7 Å². The molecule has 0 unspecified atom stereocenters. The van der Waals surface area contributed by atoms with Crippen LogP contribution in [-0.4, -0.2) is 19.9 Å². The summed E-state index contributed by atoms with van der Waals surface area (Å²) in [6.07, 6.45) is 0. The van der Waals surface area contributed by atoms with Crippen LogP contribution in [0.5, 0.6) is 0 Å². The molecule has 0 atom stereocenters. The highest BCUT2D eigenvalue weighted by molar-refractivity contribution is 5.96. The number of fused-ring (bicyclic) bond motifs is 1. The zero-order valence-electron chi connectivity index (χ0n) is 20.9. The summed E-state index contributed by atoms with van der Waals surface area (Å²) >= 11 is 0. The summed E-state index contributed by atoms with van der Waals surface area (Å²) in [4.78, 5) is 19.5. The third-order valence-electron chi connectivity index (χ3n) is 6.59. The van der Waals surface area contributed by atoms with E-state index in [0.29, 0.717) is 23.4 Å². The second-order valence-electron chi connectivity index (χ2n) is 9.12. The first-order valence-electron chi connectivity index (χ1n) is 12.8. The number of rotatable bonds is 5. The highest BCUT2D eigenvalue weighted by Gasteiger charge is 2.19. The Morgan fingerprint density at radius 2 is 0.846 bits per heavy atom. The molecule has 184 valence electrons. The molecule has 5 nitrogen and oxygen atoms in total. The van der Waals surface area contributed by atoms with Crippen LogP contribution in [0.4, 0.5) is 0 Å². The second-order valence-corrected chi connectivity index (χ2v) is 9.12. The minimum absolute atomic E-state index is 0.591. The molecule has 0 aliphatic carbocycles. The monoisotopic (exact) mass is 502 g/mol. The number of para-hydroxylation sites is 1. The normalized spacial score (nSPS) is 11.1. The predicted molar refractivity (Wildman–Crippen MR) is 155 cm³/mol. The van der Waals surface area contributed by atoms with Gasteiger partial charge in [-0.1, -0.05) is 115 Å². The molecule has 0 saturated heterocycles. The van der Waals surface area contributed by atoms with Gasteiger partial charge in [0.05, 0.1) is 0 Å². The Kier molecular flexibility index (Phi) is 5.72. The van der Waals surface area contributed by atoms with E-state index in [0.717, 1.165) is 44.5 Å². The summed E-state index contributed by atoms with van der Waals surface area (Å²) in [6, 6.07) is 44.1. The van der Waals surface area contributed by atoms with Gasteiger partial charge in [-0.2, -0.15) is 0 Å². The van der Waals surface area contributed by atoms with Crippen molar-refractivity contribution in [3.05, 3.63) is 133 Å². The Balaban J connectivity index is 1.43. The van der Waals surface area contributed by atoms with Crippen molar-refractivity contribution >= 4 is 11.1 Å². The van der Waals surface area contributed by atoms with Crippen LogP contribution < -0.4 is 0 Å². The second kappa shape index (κ2) is 9.80. The first kappa shape index (κ1) is 22.8. The lowest BCUT2D eigenvalue weighted by atomic mass is 9.98. The molecule has 5 heteroatoms. The van der Waals surface area contributed by atoms with E-state index in [1.165, 1.54) is 0 Å². The average molecular weight is 503 g/mol. The lowest BCUT2D eigenvalue weighted by Crippen LogP contribution is -2.01. The van der Waals surface area contributed by atoms with Gasteiger partial charge in [0.15, 0.2) is 23.1 Å². The smallest absolute Gasteiger partial charge is 0.227 e. The van der Waals surface area contributed by atoms with E-state index in [1.54, 1.807) is 0 Å². The zero-order valence-corrected chi connectivity index (χ0v) is 20.9. The summed E-state index contributed by atoms with van der Waals surface area (Å²) < 4.78 is 6.35. The number of nitrogens with zero attached hydrogens (tertiary/aromatic N) is 4. The molecule has 0 aliphatic heterocycles. The van der Waals surface area contributed by atoms with Gasteiger partial charge >= 0.3 is 0 Å². The van der Waals surface area contributed by atoms with Gasteiger partial charge < -0.3 is 4.42 Å². The highest BCUT2D eigenvalue weighted by Crippen LogP contribution is 2.37. The quantitative estimate of drug-likeness (QED) is 0.237. The molecule has 0 fully saturated rings. The third kappa shape index (κ3) is 4.36. The van der Waals surface area contributed by atoms with Gasteiger partial charge in [0, 0.05) is 27.8 Å². The molecule has 0 radical (unpaired) electrons. The van der Waals surface area contributed by atoms with Gasteiger partial charge in [-0.25, -0.2) is 19.9 Å². The Bertz CT molecular complexity index is 1840. The van der Waals surface area contributed by atoms with Gasteiger partial charge in [0.25, 0.3) is 0 Å². The number of oxazole rings is 1. The average Bonchev–Trinajstić information content (AvgIpc) is 3.47. The van der Waals surface area contributed by atoms with Crippen LogP contribution in [0, 0.1) is 0 Å². The van der Waals surface area contributed by atoms with Crippen molar-refractivity contribution in [3.63, 3.8) is 0 Å². The lowest BCUT2D eigenvalue weighted by molar-refractivity contribution is 0.621. The van der Waals surface area contributed by atoms with E-state index in [2.05, 4.69) is 12.1 Å². The minimum Gasteiger partial charge on any atom is -0.435 e. The standard InChI is InChI=1S/C34H22N4O/c1-4-13-23(14-5-1)31-36-32(24-15-6-2-7-16-24)38-33(37-31)28-20-11-10-19-26(28)27-21-12-22-29-30(27)39-34(35-29)25-17-8-3-9-18-25/h1-22H. The van der Waals surface area contributed by atoms with E-state index in [4.69, 9.17) is 24.4 Å². The Morgan fingerprint density at radius 3 is 1.46 bits per heavy atom. The van der Waals surface area contributed by atoms with Crippen LogP contribution in [0.3, 0.4) is 0 Å². The Labute approximate surface area is 225 Å². The Morgan fingerprint density at radius 1 is 0.359 bits per heavy atom. The maximum absolute atomic E-state index is 6.35. The van der Waals surface area contributed by atoms with Crippen LogP contribution >= 0.6 is 0 Å². The summed E-state index contributed by atoms with van der Waals surface area (Å²) in [7, 11) is 0. The van der Waals surface area contributed by atoms with E-state index < -0.39 is 0 Å². The molecule has 39 heavy (non-hydrogen) atoms. The summed E-state index contributed by atoms with van der Waals surface area (Å²) in [6.45, 7) is 0. The Hall–Kier alpha value is -5.42. The van der Waals surface area contributed by atoms with Crippen molar-refractivity contribution < 1.29 is 4.42 Å². The fourth-order valence-electron chi connectivity index (χ4n) is 4.71. The van der Waals surface area contributed by atoms with Crippen LogP contribution in [0.15, 0.2) is 138 Å². The summed E-state index contributed by atoms with van der Waals surface area (Å²) in [5, 5.41) is 0.